The Kier molecular flexibility index (Phi) is 7.20. The zero-order valence-corrected chi connectivity index (χ0v) is 24.8. The molecule has 3 aliphatic rings. The lowest BCUT2D eigenvalue weighted by Gasteiger charge is -2.63. The van der Waals surface area contributed by atoms with E-state index in [4.69, 9.17) is 0 Å². The number of allylic oxidation sites excluding steroid dienone is 1. The molecule has 1 aromatic carbocycles. The van der Waals surface area contributed by atoms with Crippen LogP contribution in [0.2, 0.25) is 0 Å². The van der Waals surface area contributed by atoms with E-state index in [0.29, 0.717) is 17.5 Å². The Bertz CT molecular complexity index is 1450. The van der Waals surface area contributed by atoms with Gasteiger partial charge in [0, 0.05) is 29.6 Å². The van der Waals surface area contributed by atoms with Crippen LogP contribution >= 0.6 is 0 Å². The number of carbonyl (C=O) groups excluding carboxylic acids is 4. The normalized spacial score (nSPS) is 33.2. The van der Waals surface area contributed by atoms with Crippen molar-refractivity contribution in [2.24, 2.45) is 28.6 Å². The summed E-state index contributed by atoms with van der Waals surface area (Å²) in [6.07, 6.45) is -1.43. The van der Waals surface area contributed by atoms with Gasteiger partial charge in [-0.05, 0) is 41.9 Å². The zero-order chi connectivity index (χ0) is 31.1. The van der Waals surface area contributed by atoms with E-state index in [1.165, 1.54) is 19.9 Å². The largest absolute Gasteiger partial charge is 0.511 e. The topological polar surface area (TPSA) is 169 Å². The maximum Gasteiger partial charge on any atom is 0.209 e. The van der Waals surface area contributed by atoms with Gasteiger partial charge in [0.15, 0.2) is 17.2 Å². The molecule has 1 unspecified atom stereocenters. The number of phenolic OH excluding ortho intramolecular Hbond substituents is 1. The Labute approximate surface area is 239 Å². The number of aliphatic hydroxyl groups is 4. The molecule has 0 saturated carbocycles. The third-order valence-corrected chi connectivity index (χ3v) is 9.93. The maximum atomic E-state index is 14.2. The predicted molar refractivity (Wildman–Crippen MR) is 150 cm³/mol. The molecule has 0 bridgehead atoms. The zero-order valence-electron chi connectivity index (χ0n) is 24.8. The Balaban J connectivity index is 2.09. The van der Waals surface area contributed by atoms with Gasteiger partial charge in [-0.3, -0.25) is 19.2 Å². The number of aliphatic hydroxyl groups excluding tert-OH is 3. The quantitative estimate of drug-likeness (QED) is 0.318. The van der Waals surface area contributed by atoms with Gasteiger partial charge in [-0.2, -0.15) is 0 Å². The van der Waals surface area contributed by atoms with Crippen LogP contribution in [0.25, 0.3) is 0 Å². The molecule has 1 aromatic rings. The third kappa shape index (κ3) is 3.74. The van der Waals surface area contributed by atoms with E-state index in [9.17, 15) is 44.7 Å². The number of ketones is 4. The van der Waals surface area contributed by atoms with Gasteiger partial charge in [0.2, 0.25) is 5.78 Å². The average Bonchev–Trinajstić information content (AvgIpc) is 2.84. The van der Waals surface area contributed by atoms with Crippen molar-refractivity contribution in [3.8, 4) is 5.75 Å². The van der Waals surface area contributed by atoms with Crippen LogP contribution in [0.1, 0.15) is 89.2 Å². The number of carbonyl (C=O) groups is 4. The van der Waals surface area contributed by atoms with Gasteiger partial charge < -0.3 is 25.5 Å². The van der Waals surface area contributed by atoms with Crippen LogP contribution < -0.4 is 0 Å². The first kappa shape index (κ1) is 30.7. The second-order valence-corrected chi connectivity index (χ2v) is 13.2. The number of hydrogen-bond donors (Lipinski definition) is 5. The van der Waals surface area contributed by atoms with Crippen LogP contribution in [-0.4, -0.2) is 60.4 Å². The van der Waals surface area contributed by atoms with Crippen molar-refractivity contribution in [2.75, 3.05) is 0 Å². The van der Waals surface area contributed by atoms with Crippen LogP contribution in [-0.2, 0) is 20.8 Å². The summed E-state index contributed by atoms with van der Waals surface area (Å²) in [5.74, 6) is -7.53. The van der Waals surface area contributed by atoms with Crippen LogP contribution in [0.15, 0.2) is 34.8 Å². The molecule has 0 heterocycles. The summed E-state index contributed by atoms with van der Waals surface area (Å²) in [4.78, 5) is 53.4. The summed E-state index contributed by atoms with van der Waals surface area (Å²) in [6, 6.07) is 2.85. The molecule has 41 heavy (non-hydrogen) atoms. The first-order valence-electron chi connectivity index (χ1n) is 14.1. The number of fused-ring (bicyclic) bond motifs is 3. The molecule has 0 aliphatic heterocycles. The lowest BCUT2D eigenvalue weighted by molar-refractivity contribution is -0.211. The molecule has 0 spiro atoms. The predicted octanol–water partition coefficient (Wildman–Crippen LogP) is 4.04. The fourth-order valence-electron chi connectivity index (χ4n) is 7.99. The highest BCUT2D eigenvalue weighted by Gasteiger charge is 2.76. The summed E-state index contributed by atoms with van der Waals surface area (Å²) in [5.41, 5.74) is -7.06. The summed E-state index contributed by atoms with van der Waals surface area (Å²) in [5, 5.41) is 58.4. The third-order valence-electron chi connectivity index (χ3n) is 9.93. The molecule has 9 heteroatoms. The number of phenols is 1. The standard InChI is InChI=1S/C32H40O9/c1-13(2)11-18(34)12-17-9-10-19(35)22-20(17)15(5)30(7)24(26(22)37)28(39)32(41)27(38)21(16(6)33)25(36)23(14(3)4)31(32,8)29(30)40/h9-10,13-15,23,29,35-36,39-41H,11-12H2,1-8H3/t15-,23?,29-,30+,31+,32+/m1/s1. The highest BCUT2D eigenvalue weighted by molar-refractivity contribution is 6.25. The number of aromatic hydroxyl groups is 1. The van der Waals surface area contributed by atoms with E-state index in [2.05, 4.69) is 0 Å². The molecule has 0 radical (unpaired) electrons. The molecule has 0 saturated heterocycles. The van der Waals surface area contributed by atoms with Crippen LogP contribution in [0.5, 0.6) is 5.75 Å². The minimum Gasteiger partial charge on any atom is -0.511 e. The smallest absolute Gasteiger partial charge is 0.209 e. The molecule has 0 aromatic heterocycles. The minimum absolute atomic E-state index is 0.0184. The van der Waals surface area contributed by atoms with Gasteiger partial charge in [0.25, 0.3) is 0 Å². The fraction of sp³-hybridized carbons (Fsp3) is 0.562. The van der Waals surface area contributed by atoms with Gasteiger partial charge in [-0.15, -0.1) is 0 Å². The van der Waals surface area contributed by atoms with Crippen molar-refractivity contribution in [1.29, 1.82) is 0 Å². The number of rotatable bonds is 6. The molecular formula is C32H40O9. The van der Waals surface area contributed by atoms with Crippen molar-refractivity contribution >= 4 is 23.1 Å². The summed E-state index contributed by atoms with van der Waals surface area (Å²) < 4.78 is 0. The Morgan fingerprint density at radius 2 is 1.61 bits per heavy atom. The number of benzene rings is 1. The van der Waals surface area contributed by atoms with Crippen molar-refractivity contribution in [2.45, 2.75) is 85.9 Å². The van der Waals surface area contributed by atoms with Gasteiger partial charge in [0.05, 0.1) is 17.2 Å². The lowest BCUT2D eigenvalue weighted by atomic mass is 9.41. The second-order valence-electron chi connectivity index (χ2n) is 13.2. The highest BCUT2D eigenvalue weighted by Crippen LogP contribution is 2.67. The van der Waals surface area contributed by atoms with Gasteiger partial charge in [-0.25, -0.2) is 0 Å². The van der Waals surface area contributed by atoms with E-state index in [1.807, 2.05) is 13.8 Å². The van der Waals surface area contributed by atoms with E-state index in [0.717, 1.165) is 6.92 Å². The van der Waals surface area contributed by atoms with E-state index in [-0.39, 0.29) is 23.7 Å². The fourth-order valence-corrected chi connectivity index (χ4v) is 7.99. The van der Waals surface area contributed by atoms with E-state index < -0.39 is 86.1 Å². The van der Waals surface area contributed by atoms with Crippen molar-refractivity contribution < 1.29 is 44.7 Å². The first-order chi connectivity index (χ1) is 18.8. The molecular weight excluding hydrogens is 528 g/mol. The second kappa shape index (κ2) is 9.63. The molecule has 9 nitrogen and oxygen atoms in total. The van der Waals surface area contributed by atoms with Gasteiger partial charge in [0.1, 0.15) is 28.6 Å². The molecule has 4 rings (SSSR count). The van der Waals surface area contributed by atoms with Crippen LogP contribution in [0.3, 0.4) is 0 Å². The summed E-state index contributed by atoms with van der Waals surface area (Å²) in [6.45, 7) is 12.8. The molecule has 0 amide bonds. The highest BCUT2D eigenvalue weighted by atomic mass is 16.4. The van der Waals surface area contributed by atoms with Gasteiger partial charge >= 0.3 is 0 Å². The van der Waals surface area contributed by atoms with Crippen molar-refractivity contribution in [3.05, 3.63) is 51.5 Å². The molecule has 6 atom stereocenters. The maximum absolute atomic E-state index is 14.2. The summed E-state index contributed by atoms with van der Waals surface area (Å²) >= 11 is 0. The van der Waals surface area contributed by atoms with Crippen molar-refractivity contribution in [1.82, 2.24) is 0 Å². The Morgan fingerprint density at radius 1 is 1.02 bits per heavy atom. The summed E-state index contributed by atoms with van der Waals surface area (Å²) in [7, 11) is 0. The van der Waals surface area contributed by atoms with E-state index >= 15 is 0 Å². The van der Waals surface area contributed by atoms with Crippen LogP contribution in [0, 0.1) is 28.6 Å². The van der Waals surface area contributed by atoms with E-state index in [1.54, 1.807) is 26.8 Å². The molecule has 222 valence electrons. The minimum atomic E-state index is -2.93. The molecule has 3 aliphatic carbocycles. The average molecular weight is 569 g/mol. The monoisotopic (exact) mass is 568 g/mol. The molecule has 5 N–H and O–H groups in total. The first-order valence-corrected chi connectivity index (χ1v) is 14.1. The molecule has 0 fully saturated rings. The van der Waals surface area contributed by atoms with Crippen molar-refractivity contribution in [3.63, 3.8) is 0 Å². The van der Waals surface area contributed by atoms with Gasteiger partial charge in [-0.1, -0.05) is 54.5 Å². The SMILES string of the molecule is CC(=O)C1=C(O)C(C(C)C)[C@@]2(C)[C@H](O)[C@]3(C)C(=C(O)[C@@]2(O)C1=O)C(=O)c1c(O)ccc(CC(=O)CC(C)C)c1[C@H]3C. The lowest BCUT2D eigenvalue weighted by Crippen LogP contribution is -2.73. The van der Waals surface area contributed by atoms with Crippen LogP contribution in [0.4, 0.5) is 0 Å². The number of Topliss-reactive ketones (excluding diaryl/α,β-unsaturated/α-hetero) is 4. The number of hydrogen-bond acceptors (Lipinski definition) is 9. The Morgan fingerprint density at radius 3 is 2.12 bits per heavy atom. The Hall–Kier alpha value is -3.30.